The lowest BCUT2D eigenvalue weighted by Gasteiger charge is -2.31. The van der Waals surface area contributed by atoms with Crippen LogP contribution in [0.5, 0.6) is 11.5 Å². The van der Waals surface area contributed by atoms with Crippen LogP contribution in [0.25, 0.3) is 0 Å². The molecule has 0 bridgehead atoms. The highest BCUT2D eigenvalue weighted by molar-refractivity contribution is 5.98. The Hall–Kier alpha value is -3.08. The molecule has 0 aromatic heterocycles. The minimum Gasteiger partial charge on any atom is -0.494 e. The second-order valence-electron chi connectivity index (χ2n) is 7.09. The number of nitrogens with zero attached hydrogens (tertiary/aromatic N) is 1. The molecule has 28 heavy (non-hydrogen) atoms. The number of carbonyl (C=O) groups excluding carboxylic acids is 1. The van der Waals surface area contributed by atoms with Gasteiger partial charge in [-0.2, -0.15) is 5.10 Å². The van der Waals surface area contributed by atoms with E-state index >= 15 is 0 Å². The number of allylic oxidation sites excluding steroid dienone is 2. The first-order chi connectivity index (χ1) is 13.7. The Kier molecular flexibility index (Phi) is 5.42. The third kappa shape index (κ3) is 4.09. The number of rotatable bonds is 7. The van der Waals surface area contributed by atoms with E-state index < -0.39 is 0 Å². The topological polar surface area (TPSA) is 59.9 Å². The van der Waals surface area contributed by atoms with Crippen molar-refractivity contribution >= 4 is 11.6 Å². The number of fused-ring (bicyclic) bond motifs is 1. The fourth-order valence-corrected chi connectivity index (χ4v) is 3.57. The fraction of sp³-hybridized carbons (Fsp3) is 0.304. The van der Waals surface area contributed by atoms with Crippen molar-refractivity contribution in [1.29, 1.82) is 0 Å². The SMILES string of the molecule is CCOc1ccc(OCc2ccc(C(=O)N/N=C3\CC4CC=CC34)cc2)cc1. The van der Waals surface area contributed by atoms with E-state index in [0.717, 1.165) is 35.6 Å². The Bertz CT molecular complexity index is 885. The van der Waals surface area contributed by atoms with Crippen LogP contribution in [0, 0.1) is 11.8 Å². The van der Waals surface area contributed by atoms with Crippen LogP contribution in [-0.2, 0) is 6.61 Å². The monoisotopic (exact) mass is 376 g/mol. The molecule has 2 atom stereocenters. The van der Waals surface area contributed by atoms with Gasteiger partial charge >= 0.3 is 0 Å². The molecule has 0 saturated heterocycles. The molecule has 144 valence electrons. The summed E-state index contributed by atoms with van der Waals surface area (Å²) >= 11 is 0. The van der Waals surface area contributed by atoms with Crippen LogP contribution in [0.1, 0.15) is 35.7 Å². The standard InChI is InChI=1S/C23H24N2O3/c1-2-27-19-10-12-20(13-11-19)28-15-16-6-8-17(9-7-16)23(26)25-24-22-14-18-4-3-5-21(18)22/h3,5-13,18,21H,2,4,14-15H2,1H3,(H,25,26)/b24-22+. The second kappa shape index (κ2) is 8.30. The van der Waals surface area contributed by atoms with Gasteiger partial charge in [0, 0.05) is 17.2 Å². The Labute approximate surface area is 165 Å². The Morgan fingerprint density at radius 1 is 1.07 bits per heavy atom. The molecule has 1 saturated carbocycles. The van der Waals surface area contributed by atoms with Gasteiger partial charge in [0.25, 0.3) is 5.91 Å². The third-order valence-electron chi connectivity index (χ3n) is 5.20. The van der Waals surface area contributed by atoms with Gasteiger partial charge in [-0.1, -0.05) is 24.3 Å². The van der Waals surface area contributed by atoms with Crippen molar-refractivity contribution in [3.8, 4) is 11.5 Å². The molecular formula is C23H24N2O3. The Morgan fingerprint density at radius 2 is 1.79 bits per heavy atom. The highest BCUT2D eigenvalue weighted by Crippen LogP contribution is 2.40. The van der Waals surface area contributed by atoms with Crippen LogP contribution in [0.15, 0.2) is 65.8 Å². The van der Waals surface area contributed by atoms with E-state index in [2.05, 4.69) is 22.7 Å². The van der Waals surface area contributed by atoms with Crippen molar-refractivity contribution in [2.75, 3.05) is 6.61 Å². The van der Waals surface area contributed by atoms with Crippen LogP contribution in [-0.4, -0.2) is 18.2 Å². The van der Waals surface area contributed by atoms with Crippen LogP contribution in [0.3, 0.4) is 0 Å². The molecule has 5 heteroatoms. The average molecular weight is 376 g/mol. The summed E-state index contributed by atoms with van der Waals surface area (Å²) in [5, 5.41) is 4.30. The molecule has 4 rings (SSSR count). The van der Waals surface area contributed by atoms with Crippen LogP contribution >= 0.6 is 0 Å². The predicted octanol–water partition coefficient (Wildman–Crippen LogP) is 4.35. The number of benzene rings is 2. The van der Waals surface area contributed by atoms with Gasteiger partial charge in [0.2, 0.25) is 0 Å². The molecule has 0 spiro atoms. The zero-order chi connectivity index (χ0) is 19.3. The number of hydrogen-bond acceptors (Lipinski definition) is 4. The summed E-state index contributed by atoms with van der Waals surface area (Å²) in [6.07, 6.45) is 6.52. The number of nitrogens with one attached hydrogen (secondary N) is 1. The van der Waals surface area contributed by atoms with Crippen LogP contribution < -0.4 is 14.9 Å². The van der Waals surface area contributed by atoms with Gasteiger partial charge < -0.3 is 9.47 Å². The van der Waals surface area contributed by atoms with Gasteiger partial charge in [-0.15, -0.1) is 0 Å². The molecule has 0 heterocycles. The van der Waals surface area contributed by atoms with Crippen LogP contribution in [0.4, 0.5) is 0 Å². The molecule has 1 N–H and O–H groups in total. The van der Waals surface area contributed by atoms with Gasteiger partial charge in [-0.25, -0.2) is 5.43 Å². The molecule has 2 unspecified atom stereocenters. The minimum atomic E-state index is -0.183. The second-order valence-corrected chi connectivity index (χ2v) is 7.09. The van der Waals surface area contributed by atoms with E-state index in [1.165, 1.54) is 0 Å². The number of carbonyl (C=O) groups is 1. The number of hydrogen-bond donors (Lipinski definition) is 1. The molecule has 2 aliphatic rings. The number of amides is 1. The maximum atomic E-state index is 12.3. The van der Waals surface area contributed by atoms with Gasteiger partial charge in [0.15, 0.2) is 0 Å². The lowest BCUT2D eigenvalue weighted by Crippen LogP contribution is -2.35. The number of ether oxygens (including phenoxy) is 2. The van der Waals surface area contributed by atoms with Crippen molar-refractivity contribution in [3.05, 3.63) is 71.8 Å². The molecule has 1 amide bonds. The fourth-order valence-electron chi connectivity index (χ4n) is 3.57. The van der Waals surface area contributed by atoms with E-state index in [-0.39, 0.29) is 5.91 Å². The van der Waals surface area contributed by atoms with Gasteiger partial charge in [-0.3, -0.25) is 4.79 Å². The van der Waals surface area contributed by atoms with Crippen molar-refractivity contribution in [3.63, 3.8) is 0 Å². The predicted molar refractivity (Wildman–Crippen MR) is 109 cm³/mol. The van der Waals surface area contributed by atoms with E-state index in [1.807, 2.05) is 43.3 Å². The Balaban J connectivity index is 1.28. The highest BCUT2D eigenvalue weighted by atomic mass is 16.5. The van der Waals surface area contributed by atoms with E-state index in [9.17, 15) is 4.79 Å². The lowest BCUT2D eigenvalue weighted by atomic mass is 9.74. The summed E-state index contributed by atoms with van der Waals surface area (Å²) in [4.78, 5) is 12.3. The smallest absolute Gasteiger partial charge is 0.271 e. The first-order valence-electron chi connectivity index (χ1n) is 9.71. The van der Waals surface area contributed by atoms with E-state index in [1.54, 1.807) is 12.1 Å². The quantitative estimate of drug-likeness (QED) is 0.577. The summed E-state index contributed by atoms with van der Waals surface area (Å²) in [7, 11) is 0. The van der Waals surface area contributed by atoms with Gasteiger partial charge in [0.05, 0.1) is 6.61 Å². The zero-order valence-corrected chi connectivity index (χ0v) is 15.9. The highest BCUT2D eigenvalue weighted by Gasteiger charge is 2.37. The maximum Gasteiger partial charge on any atom is 0.271 e. The first kappa shape index (κ1) is 18.3. The molecule has 0 radical (unpaired) electrons. The first-order valence-corrected chi connectivity index (χ1v) is 9.71. The summed E-state index contributed by atoms with van der Waals surface area (Å²) in [6, 6.07) is 14.9. The third-order valence-corrected chi connectivity index (χ3v) is 5.20. The summed E-state index contributed by atoms with van der Waals surface area (Å²) in [6.45, 7) is 3.04. The summed E-state index contributed by atoms with van der Waals surface area (Å²) in [5.74, 6) is 2.56. The molecule has 2 aliphatic carbocycles. The zero-order valence-electron chi connectivity index (χ0n) is 15.9. The van der Waals surface area contributed by atoms with Gasteiger partial charge in [0.1, 0.15) is 18.1 Å². The Morgan fingerprint density at radius 3 is 2.46 bits per heavy atom. The maximum absolute atomic E-state index is 12.3. The van der Waals surface area contributed by atoms with Crippen molar-refractivity contribution < 1.29 is 14.3 Å². The molecule has 2 aromatic rings. The normalized spacial score (nSPS) is 21.1. The minimum absolute atomic E-state index is 0.183. The summed E-state index contributed by atoms with van der Waals surface area (Å²) < 4.78 is 11.2. The molecule has 1 fully saturated rings. The van der Waals surface area contributed by atoms with Crippen molar-refractivity contribution in [1.82, 2.24) is 5.43 Å². The largest absolute Gasteiger partial charge is 0.494 e. The lowest BCUT2D eigenvalue weighted by molar-refractivity contribution is 0.0954. The molecule has 2 aromatic carbocycles. The molecular weight excluding hydrogens is 352 g/mol. The van der Waals surface area contributed by atoms with Crippen molar-refractivity contribution in [2.45, 2.75) is 26.4 Å². The van der Waals surface area contributed by atoms with Crippen LogP contribution in [0.2, 0.25) is 0 Å². The van der Waals surface area contributed by atoms with E-state index in [4.69, 9.17) is 9.47 Å². The average Bonchev–Trinajstić information content (AvgIpc) is 3.09. The van der Waals surface area contributed by atoms with Gasteiger partial charge in [-0.05, 0) is 67.6 Å². The van der Waals surface area contributed by atoms with Crippen molar-refractivity contribution in [2.24, 2.45) is 16.9 Å². The molecule has 0 aliphatic heterocycles. The summed E-state index contributed by atoms with van der Waals surface area (Å²) in [5.41, 5.74) is 5.34. The molecule has 5 nitrogen and oxygen atoms in total. The van der Waals surface area contributed by atoms with E-state index in [0.29, 0.717) is 30.6 Å². The number of hydrazone groups is 1.